The normalized spacial score (nSPS) is 26.1. The first-order valence-electron chi connectivity index (χ1n) is 7.74. The summed E-state index contributed by atoms with van der Waals surface area (Å²) in [5, 5.41) is 0. The Morgan fingerprint density at radius 3 is 2.81 bits per heavy atom. The number of aromatic amines is 1. The Morgan fingerprint density at radius 1 is 1.33 bits per heavy atom. The lowest BCUT2D eigenvalue weighted by molar-refractivity contribution is -0.0564. The van der Waals surface area contributed by atoms with Gasteiger partial charge in [-0.2, -0.15) is 0 Å². The van der Waals surface area contributed by atoms with Gasteiger partial charge in [0.15, 0.2) is 0 Å². The molecule has 0 aromatic carbocycles. The maximum Gasteiger partial charge on any atom is 0.251 e. The number of aryl methyl sites for hydroxylation is 1. The summed E-state index contributed by atoms with van der Waals surface area (Å²) >= 11 is 0. The van der Waals surface area contributed by atoms with Crippen LogP contribution in [0.25, 0.3) is 0 Å². The number of hydrogen-bond donors (Lipinski definition) is 1. The van der Waals surface area contributed by atoms with Crippen molar-refractivity contribution in [1.82, 2.24) is 19.8 Å². The molecule has 3 rings (SSSR count). The maximum atomic E-state index is 11.6. The first-order valence-corrected chi connectivity index (χ1v) is 7.74. The fraction of sp³-hybridized carbons (Fsp3) is 0.733. The van der Waals surface area contributed by atoms with E-state index in [-0.39, 0.29) is 11.7 Å². The molecule has 0 saturated carbocycles. The fourth-order valence-corrected chi connectivity index (χ4v) is 3.28. The Hall–Kier alpha value is -1.24. The highest BCUT2D eigenvalue weighted by Gasteiger charge is 2.30. The topological polar surface area (TPSA) is 61.5 Å². The summed E-state index contributed by atoms with van der Waals surface area (Å²) in [6, 6.07) is 2.14. The van der Waals surface area contributed by atoms with Gasteiger partial charge < -0.3 is 14.6 Å². The number of rotatable bonds is 2. The second-order valence-electron chi connectivity index (χ2n) is 6.16. The van der Waals surface area contributed by atoms with E-state index in [4.69, 9.17) is 4.74 Å². The molecule has 1 aromatic heterocycles. The molecule has 0 spiro atoms. The summed E-state index contributed by atoms with van der Waals surface area (Å²) in [5.74, 6) is 0.664. The van der Waals surface area contributed by atoms with Crippen molar-refractivity contribution in [3.63, 3.8) is 0 Å². The van der Waals surface area contributed by atoms with E-state index >= 15 is 0 Å². The first kappa shape index (κ1) is 14.7. The van der Waals surface area contributed by atoms with Crippen LogP contribution in [0.3, 0.4) is 0 Å². The quantitative estimate of drug-likeness (QED) is 0.862. The van der Waals surface area contributed by atoms with E-state index in [1.54, 1.807) is 0 Å². The summed E-state index contributed by atoms with van der Waals surface area (Å²) in [6.07, 6.45) is 2.30. The van der Waals surface area contributed by atoms with Crippen LogP contribution in [0.4, 0.5) is 0 Å². The zero-order chi connectivity index (χ0) is 14.8. The largest absolute Gasteiger partial charge is 0.368 e. The van der Waals surface area contributed by atoms with Crippen LogP contribution < -0.4 is 5.56 Å². The molecule has 0 amide bonds. The molecule has 2 saturated heterocycles. The third kappa shape index (κ3) is 3.51. The van der Waals surface area contributed by atoms with E-state index in [0.717, 1.165) is 31.9 Å². The molecule has 2 fully saturated rings. The molecular weight excluding hydrogens is 268 g/mol. The third-order valence-electron chi connectivity index (χ3n) is 4.50. The van der Waals surface area contributed by atoms with E-state index in [1.807, 2.05) is 6.92 Å². The Kier molecular flexibility index (Phi) is 4.37. The predicted octanol–water partition coefficient (Wildman–Crippen LogP) is 0.546. The number of ether oxygens (including phenoxy) is 1. The van der Waals surface area contributed by atoms with Crippen molar-refractivity contribution in [3.05, 3.63) is 27.9 Å². The van der Waals surface area contributed by atoms with Gasteiger partial charge in [-0.3, -0.25) is 9.69 Å². The second kappa shape index (κ2) is 6.25. The van der Waals surface area contributed by atoms with Crippen molar-refractivity contribution < 1.29 is 4.74 Å². The number of nitrogens with one attached hydrogen (secondary N) is 1. The molecule has 0 aliphatic carbocycles. The molecule has 2 aliphatic rings. The predicted molar refractivity (Wildman–Crippen MR) is 80.4 cm³/mol. The van der Waals surface area contributed by atoms with Gasteiger partial charge in [0.2, 0.25) is 0 Å². The standard InChI is InChI=1S/C15H24N4O2/c1-11-9-14(20)17-15(16-11)13-10-19(7-8-21-13)12-3-5-18(2)6-4-12/h9,12-13H,3-8,10H2,1-2H3,(H,16,17,20). The van der Waals surface area contributed by atoms with Crippen molar-refractivity contribution in [1.29, 1.82) is 0 Å². The minimum atomic E-state index is -0.119. The zero-order valence-corrected chi connectivity index (χ0v) is 12.8. The van der Waals surface area contributed by atoms with Gasteiger partial charge in [0, 0.05) is 30.9 Å². The van der Waals surface area contributed by atoms with Gasteiger partial charge in [0.05, 0.1) is 6.61 Å². The van der Waals surface area contributed by atoms with Crippen LogP contribution in [0.5, 0.6) is 0 Å². The smallest absolute Gasteiger partial charge is 0.251 e. The second-order valence-corrected chi connectivity index (χ2v) is 6.16. The molecule has 21 heavy (non-hydrogen) atoms. The van der Waals surface area contributed by atoms with Crippen LogP contribution in [-0.4, -0.2) is 65.6 Å². The number of morpholine rings is 1. The minimum Gasteiger partial charge on any atom is -0.368 e. The van der Waals surface area contributed by atoms with Gasteiger partial charge in [0.25, 0.3) is 5.56 Å². The Labute approximate surface area is 125 Å². The van der Waals surface area contributed by atoms with E-state index in [2.05, 4.69) is 26.8 Å². The summed E-state index contributed by atoms with van der Waals surface area (Å²) in [5.41, 5.74) is 0.645. The summed E-state index contributed by atoms with van der Waals surface area (Å²) in [6.45, 7) is 6.66. The fourth-order valence-electron chi connectivity index (χ4n) is 3.28. The average Bonchev–Trinajstić information content (AvgIpc) is 2.47. The SMILES string of the molecule is Cc1cc(=O)[nH]c(C2CN(C3CCN(C)CC3)CCO2)n1. The number of hydrogen-bond acceptors (Lipinski definition) is 5. The van der Waals surface area contributed by atoms with Gasteiger partial charge in [-0.1, -0.05) is 0 Å². The number of piperidine rings is 1. The summed E-state index contributed by atoms with van der Waals surface area (Å²) in [4.78, 5) is 23.7. The van der Waals surface area contributed by atoms with Crippen LogP contribution in [0, 0.1) is 6.92 Å². The van der Waals surface area contributed by atoms with Crippen molar-refractivity contribution in [2.24, 2.45) is 0 Å². The lowest BCUT2D eigenvalue weighted by atomic mass is 10.0. The Bertz CT molecular complexity index is 537. The number of nitrogens with zero attached hydrogens (tertiary/aromatic N) is 3. The molecule has 0 bridgehead atoms. The molecular formula is C15H24N4O2. The molecule has 2 aliphatic heterocycles. The number of likely N-dealkylation sites (tertiary alicyclic amines) is 1. The average molecular weight is 292 g/mol. The Balaban J connectivity index is 1.69. The molecule has 1 aromatic rings. The van der Waals surface area contributed by atoms with Crippen molar-refractivity contribution in [3.8, 4) is 0 Å². The molecule has 3 heterocycles. The highest BCUT2D eigenvalue weighted by Crippen LogP contribution is 2.24. The molecule has 0 radical (unpaired) electrons. The lowest BCUT2D eigenvalue weighted by Crippen LogP contribution is -2.49. The van der Waals surface area contributed by atoms with Crippen LogP contribution >= 0.6 is 0 Å². The molecule has 1 N–H and O–H groups in total. The summed E-state index contributed by atoms with van der Waals surface area (Å²) in [7, 11) is 2.18. The van der Waals surface area contributed by atoms with Crippen molar-refractivity contribution >= 4 is 0 Å². The van der Waals surface area contributed by atoms with Crippen LogP contribution in [0.1, 0.15) is 30.5 Å². The highest BCUT2D eigenvalue weighted by molar-refractivity contribution is 5.03. The maximum absolute atomic E-state index is 11.6. The molecule has 1 unspecified atom stereocenters. The van der Waals surface area contributed by atoms with Crippen LogP contribution in [0.2, 0.25) is 0 Å². The van der Waals surface area contributed by atoms with Gasteiger partial charge >= 0.3 is 0 Å². The molecule has 1 atom stereocenters. The first-order chi connectivity index (χ1) is 10.1. The highest BCUT2D eigenvalue weighted by atomic mass is 16.5. The van der Waals surface area contributed by atoms with Gasteiger partial charge in [-0.15, -0.1) is 0 Å². The van der Waals surface area contributed by atoms with Gasteiger partial charge in [0.1, 0.15) is 11.9 Å². The van der Waals surface area contributed by atoms with Gasteiger partial charge in [-0.25, -0.2) is 4.98 Å². The van der Waals surface area contributed by atoms with Crippen molar-refractivity contribution in [2.75, 3.05) is 39.8 Å². The van der Waals surface area contributed by atoms with E-state index in [1.165, 1.54) is 18.9 Å². The zero-order valence-electron chi connectivity index (χ0n) is 12.8. The molecule has 6 nitrogen and oxygen atoms in total. The minimum absolute atomic E-state index is 0.0995. The van der Waals surface area contributed by atoms with E-state index in [9.17, 15) is 4.79 Å². The summed E-state index contributed by atoms with van der Waals surface area (Å²) < 4.78 is 5.83. The molecule has 116 valence electrons. The van der Waals surface area contributed by atoms with Crippen LogP contribution in [0.15, 0.2) is 10.9 Å². The number of aromatic nitrogens is 2. The van der Waals surface area contributed by atoms with Gasteiger partial charge in [-0.05, 0) is 39.9 Å². The Morgan fingerprint density at radius 2 is 2.10 bits per heavy atom. The lowest BCUT2D eigenvalue weighted by Gasteiger charge is -2.41. The van der Waals surface area contributed by atoms with Crippen LogP contribution in [-0.2, 0) is 4.74 Å². The van der Waals surface area contributed by atoms with E-state index in [0.29, 0.717) is 18.5 Å². The van der Waals surface area contributed by atoms with Crippen molar-refractivity contribution in [2.45, 2.75) is 31.9 Å². The molecule has 6 heteroatoms. The van der Waals surface area contributed by atoms with E-state index < -0.39 is 0 Å². The third-order valence-corrected chi connectivity index (χ3v) is 4.50. The number of H-pyrrole nitrogens is 1. The monoisotopic (exact) mass is 292 g/mol.